The van der Waals surface area contributed by atoms with Gasteiger partial charge in [-0.1, -0.05) is 11.6 Å². The van der Waals surface area contributed by atoms with E-state index in [9.17, 15) is 4.79 Å². The highest BCUT2D eigenvalue weighted by Crippen LogP contribution is 2.22. The van der Waals surface area contributed by atoms with Gasteiger partial charge >= 0.3 is 0 Å². The van der Waals surface area contributed by atoms with E-state index in [-0.39, 0.29) is 12.6 Å². The van der Waals surface area contributed by atoms with Gasteiger partial charge in [0.1, 0.15) is 5.75 Å². The first-order valence-electron chi connectivity index (χ1n) is 5.93. The maximum Gasteiger partial charge on any atom is 0.188 e. The molecule has 0 heterocycles. The first-order valence-corrected chi connectivity index (χ1v) is 5.93. The van der Waals surface area contributed by atoms with Crippen molar-refractivity contribution < 1.29 is 14.3 Å². The van der Waals surface area contributed by atoms with Crippen molar-refractivity contribution in [3.8, 4) is 5.75 Å². The molecule has 0 saturated carbocycles. The fourth-order valence-electron chi connectivity index (χ4n) is 1.54. The summed E-state index contributed by atoms with van der Waals surface area (Å²) in [5.74, 6) is 0.825. The Kier molecular flexibility index (Phi) is 5.59. The minimum absolute atomic E-state index is 0.0618. The van der Waals surface area contributed by atoms with Crippen LogP contribution in [0.2, 0.25) is 0 Å². The van der Waals surface area contributed by atoms with Gasteiger partial charge in [0.25, 0.3) is 0 Å². The smallest absolute Gasteiger partial charge is 0.188 e. The Morgan fingerprint density at radius 1 is 1.28 bits per heavy atom. The van der Waals surface area contributed by atoms with E-state index in [4.69, 9.17) is 9.47 Å². The van der Waals surface area contributed by atoms with Crippen LogP contribution in [-0.2, 0) is 11.2 Å². The molecule has 1 rings (SSSR count). The first kappa shape index (κ1) is 14.5. The lowest BCUT2D eigenvalue weighted by Gasteiger charge is -2.11. The Hall–Kier alpha value is -1.61. The summed E-state index contributed by atoms with van der Waals surface area (Å²) in [6.07, 6.45) is 2.86. The maximum absolute atomic E-state index is 11.4. The molecule has 0 N–H and O–H groups in total. The summed E-state index contributed by atoms with van der Waals surface area (Å²) >= 11 is 0. The fraction of sp³-hybridized carbons (Fsp3) is 0.400. The number of hydrogen-bond donors (Lipinski definition) is 0. The first-order chi connectivity index (χ1) is 8.54. The number of Topliss-reactive ketones (excluding diaryl/α,β-unsaturated/α-hetero) is 1. The highest BCUT2D eigenvalue weighted by Gasteiger charge is 2.07. The molecule has 0 atom stereocenters. The lowest BCUT2D eigenvalue weighted by atomic mass is 10.0. The fourth-order valence-corrected chi connectivity index (χ4v) is 1.54. The zero-order valence-electron chi connectivity index (χ0n) is 11.4. The molecule has 0 aliphatic heterocycles. The van der Waals surface area contributed by atoms with Crippen LogP contribution in [0.3, 0.4) is 0 Å². The SMILES string of the molecule is COCOc1ccc(C(C)=O)cc1CC=C(C)C. The average molecular weight is 248 g/mol. The molecule has 0 aromatic heterocycles. The number of methoxy groups -OCH3 is 1. The topological polar surface area (TPSA) is 35.5 Å². The second-order valence-corrected chi connectivity index (χ2v) is 4.42. The zero-order valence-corrected chi connectivity index (χ0v) is 11.4. The molecule has 18 heavy (non-hydrogen) atoms. The van der Waals surface area contributed by atoms with E-state index in [0.717, 1.165) is 17.7 Å². The van der Waals surface area contributed by atoms with Crippen LogP contribution in [0.5, 0.6) is 5.75 Å². The van der Waals surface area contributed by atoms with Crippen molar-refractivity contribution in [2.45, 2.75) is 27.2 Å². The third kappa shape index (κ3) is 4.34. The number of hydrogen-bond acceptors (Lipinski definition) is 3. The van der Waals surface area contributed by atoms with Crippen LogP contribution in [-0.4, -0.2) is 19.7 Å². The molecule has 0 spiro atoms. The van der Waals surface area contributed by atoms with Gasteiger partial charge in [0.15, 0.2) is 12.6 Å². The molecule has 0 bridgehead atoms. The summed E-state index contributed by atoms with van der Waals surface area (Å²) in [6.45, 7) is 5.87. The number of ketones is 1. The summed E-state index contributed by atoms with van der Waals surface area (Å²) in [4.78, 5) is 11.4. The predicted molar refractivity (Wildman–Crippen MR) is 72.1 cm³/mol. The normalized spacial score (nSPS) is 10.0. The molecule has 3 nitrogen and oxygen atoms in total. The maximum atomic E-state index is 11.4. The Morgan fingerprint density at radius 3 is 2.56 bits per heavy atom. The molecule has 0 saturated heterocycles. The number of ether oxygens (including phenoxy) is 2. The van der Waals surface area contributed by atoms with Crippen LogP contribution >= 0.6 is 0 Å². The molecule has 0 unspecified atom stereocenters. The van der Waals surface area contributed by atoms with Crippen molar-refractivity contribution in [3.05, 3.63) is 41.0 Å². The van der Waals surface area contributed by atoms with E-state index in [1.807, 2.05) is 26.0 Å². The molecule has 98 valence electrons. The van der Waals surface area contributed by atoms with Crippen LogP contribution in [0.4, 0.5) is 0 Å². The van der Waals surface area contributed by atoms with Gasteiger partial charge in [-0.2, -0.15) is 0 Å². The molecule has 0 fully saturated rings. The van der Waals surface area contributed by atoms with E-state index >= 15 is 0 Å². The quantitative estimate of drug-likeness (QED) is 0.440. The minimum Gasteiger partial charge on any atom is -0.467 e. The molecule has 1 aromatic rings. The largest absolute Gasteiger partial charge is 0.467 e. The van der Waals surface area contributed by atoms with Gasteiger partial charge in [-0.15, -0.1) is 0 Å². The van der Waals surface area contributed by atoms with Crippen LogP contribution in [0, 0.1) is 0 Å². The van der Waals surface area contributed by atoms with E-state index in [1.165, 1.54) is 5.57 Å². The van der Waals surface area contributed by atoms with E-state index in [2.05, 4.69) is 6.08 Å². The number of carbonyl (C=O) groups excluding carboxylic acids is 1. The van der Waals surface area contributed by atoms with Crippen LogP contribution in [0.15, 0.2) is 29.8 Å². The molecule has 0 aliphatic carbocycles. The summed E-state index contributed by atoms with van der Waals surface area (Å²) in [5.41, 5.74) is 2.94. The van der Waals surface area contributed by atoms with Gasteiger partial charge in [-0.05, 0) is 51.0 Å². The molecule has 0 amide bonds. The summed E-state index contributed by atoms with van der Waals surface area (Å²) < 4.78 is 10.4. The molecular weight excluding hydrogens is 228 g/mol. The van der Waals surface area contributed by atoms with Gasteiger partial charge in [-0.25, -0.2) is 0 Å². The highest BCUT2D eigenvalue weighted by atomic mass is 16.7. The van der Waals surface area contributed by atoms with Crippen molar-refractivity contribution in [2.24, 2.45) is 0 Å². The lowest BCUT2D eigenvalue weighted by molar-refractivity contribution is 0.0505. The number of benzene rings is 1. The molecule has 0 radical (unpaired) electrons. The standard InChI is InChI=1S/C15H20O3/c1-11(2)5-6-14-9-13(12(3)16)7-8-15(14)18-10-17-4/h5,7-9H,6,10H2,1-4H3. The Morgan fingerprint density at radius 2 is 2.00 bits per heavy atom. The third-order valence-corrected chi connectivity index (χ3v) is 2.53. The Bertz CT molecular complexity index is 443. The van der Waals surface area contributed by atoms with Crippen molar-refractivity contribution >= 4 is 5.78 Å². The predicted octanol–water partition coefficient (Wildman–Crippen LogP) is 3.38. The van der Waals surface area contributed by atoms with Gasteiger partial charge < -0.3 is 9.47 Å². The van der Waals surface area contributed by atoms with Crippen molar-refractivity contribution in [3.63, 3.8) is 0 Å². The zero-order chi connectivity index (χ0) is 13.5. The third-order valence-electron chi connectivity index (χ3n) is 2.53. The lowest BCUT2D eigenvalue weighted by Crippen LogP contribution is -2.03. The summed E-state index contributed by atoms with van der Waals surface area (Å²) in [6, 6.07) is 5.48. The Labute approximate surface area is 108 Å². The monoisotopic (exact) mass is 248 g/mol. The van der Waals surface area contributed by atoms with E-state index < -0.39 is 0 Å². The molecule has 1 aromatic carbocycles. The van der Waals surface area contributed by atoms with Gasteiger partial charge in [0, 0.05) is 12.7 Å². The molecular formula is C15H20O3. The number of rotatable bonds is 6. The average Bonchev–Trinajstić information content (AvgIpc) is 2.33. The van der Waals surface area contributed by atoms with Crippen molar-refractivity contribution in [2.75, 3.05) is 13.9 Å². The second-order valence-electron chi connectivity index (χ2n) is 4.42. The molecule has 0 aliphatic rings. The van der Waals surface area contributed by atoms with Crippen LogP contribution < -0.4 is 4.74 Å². The van der Waals surface area contributed by atoms with Crippen LogP contribution in [0.25, 0.3) is 0 Å². The summed E-state index contributed by atoms with van der Waals surface area (Å²) in [7, 11) is 1.58. The van der Waals surface area contributed by atoms with Crippen molar-refractivity contribution in [1.82, 2.24) is 0 Å². The highest BCUT2D eigenvalue weighted by molar-refractivity contribution is 5.94. The van der Waals surface area contributed by atoms with Gasteiger partial charge in [0.05, 0.1) is 0 Å². The van der Waals surface area contributed by atoms with Crippen molar-refractivity contribution in [1.29, 1.82) is 0 Å². The summed E-state index contributed by atoms with van der Waals surface area (Å²) in [5, 5.41) is 0. The number of allylic oxidation sites excluding steroid dienone is 2. The van der Waals surface area contributed by atoms with Gasteiger partial charge in [-0.3, -0.25) is 4.79 Å². The second kappa shape index (κ2) is 6.97. The van der Waals surface area contributed by atoms with E-state index in [0.29, 0.717) is 5.56 Å². The van der Waals surface area contributed by atoms with Crippen LogP contribution in [0.1, 0.15) is 36.7 Å². The molecule has 3 heteroatoms. The minimum atomic E-state index is 0.0618. The Balaban J connectivity index is 3.01. The number of carbonyl (C=O) groups is 1. The van der Waals surface area contributed by atoms with Gasteiger partial charge in [0.2, 0.25) is 0 Å². The van der Waals surface area contributed by atoms with E-state index in [1.54, 1.807) is 20.1 Å².